The molecule has 0 unspecified atom stereocenters. The zero-order valence-electron chi connectivity index (χ0n) is 12.0. The second-order valence-corrected chi connectivity index (χ2v) is 6.12. The molecule has 0 nitrogen and oxygen atoms in total. The molecule has 20 heavy (non-hydrogen) atoms. The van der Waals surface area contributed by atoms with Gasteiger partial charge in [-0.2, -0.15) is 0 Å². The summed E-state index contributed by atoms with van der Waals surface area (Å²) >= 11 is 12.6. The summed E-state index contributed by atoms with van der Waals surface area (Å²) in [5, 5.41) is 0. The molecule has 0 aromatic heterocycles. The second-order valence-electron chi connectivity index (χ2n) is 5.59. The van der Waals surface area contributed by atoms with E-state index >= 15 is 0 Å². The van der Waals surface area contributed by atoms with Crippen LogP contribution in [0.15, 0.2) is 48.5 Å². The minimum atomic E-state index is -0.204. The first-order valence-electron chi connectivity index (χ1n) is 6.84. The van der Waals surface area contributed by atoms with E-state index in [2.05, 4.69) is 44.2 Å². The van der Waals surface area contributed by atoms with Crippen molar-refractivity contribution in [3.8, 4) is 0 Å². The maximum atomic E-state index is 6.30. The summed E-state index contributed by atoms with van der Waals surface area (Å²) < 4.78 is 0. The highest BCUT2D eigenvalue weighted by atomic mass is 35.5. The largest absolute Gasteiger partial charge is 0.126 e. The van der Waals surface area contributed by atoms with Gasteiger partial charge in [0.15, 0.2) is 0 Å². The quantitative estimate of drug-likeness (QED) is 0.661. The molecule has 0 spiro atoms. The molecule has 0 aliphatic heterocycles. The van der Waals surface area contributed by atoms with E-state index in [9.17, 15) is 0 Å². The molecule has 2 aromatic rings. The number of alkyl halides is 2. The van der Waals surface area contributed by atoms with Gasteiger partial charge in [-0.3, -0.25) is 0 Å². The van der Waals surface area contributed by atoms with Gasteiger partial charge in [-0.05, 0) is 31.4 Å². The smallest absolute Gasteiger partial charge is 0.0335 e. The summed E-state index contributed by atoms with van der Waals surface area (Å²) in [4.78, 5) is 0. The normalized spacial score (nSPS) is 11.6. The van der Waals surface area contributed by atoms with Crippen LogP contribution in [0.25, 0.3) is 0 Å². The molecule has 0 aliphatic carbocycles. The molecule has 0 atom stereocenters. The fraction of sp³-hybridized carbons (Fsp3) is 0.333. The highest BCUT2D eigenvalue weighted by Gasteiger charge is 2.30. The Kier molecular flexibility index (Phi) is 5.12. The number of benzene rings is 2. The van der Waals surface area contributed by atoms with Crippen molar-refractivity contribution in [2.24, 2.45) is 0 Å². The Bertz CT molecular complexity index is 537. The summed E-state index contributed by atoms with van der Waals surface area (Å²) in [5.74, 6) is 1.04. The summed E-state index contributed by atoms with van der Waals surface area (Å²) in [6.45, 7) is 4.25. The van der Waals surface area contributed by atoms with Crippen LogP contribution in [0.1, 0.15) is 22.3 Å². The maximum Gasteiger partial charge on any atom is 0.0335 e. The fourth-order valence-electron chi connectivity index (χ4n) is 2.74. The van der Waals surface area contributed by atoms with E-state index in [0.717, 1.165) is 6.42 Å². The highest BCUT2D eigenvalue weighted by Crippen LogP contribution is 2.32. The number of rotatable bonds is 5. The van der Waals surface area contributed by atoms with E-state index in [1.54, 1.807) is 0 Å². The van der Waals surface area contributed by atoms with Crippen LogP contribution < -0.4 is 0 Å². The Morgan fingerprint density at radius 1 is 0.850 bits per heavy atom. The van der Waals surface area contributed by atoms with Gasteiger partial charge in [0.25, 0.3) is 0 Å². The van der Waals surface area contributed by atoms with E-state index in [1.165, 1.54) is 22.3 Å². The van der Waals surface area contributed by atoms with E-state index in [-0.39, 0.29) is 5.41 Å². The highest BCUT2D eigenvalue weighted by molar-refractivity contribution is 6.22. The van der Waals surface area contributed by atoms with Crippen LogP contribution in [-0.2, 0) is 11.8 Å². The first kappa shape index (κ1) is 15.4. The van der Waals surface area contributed by atoms with Crippen molar-refractivity contribution < 1.29 is 0 Å². The van der Waals surface area contributed by atoms with Crippen molar-refractivity contribution in [1.29, 1.82) is 0 Å². The Morgan fingerprint density at radius 3 is 1.90 bits per heavy atom. The molecule has 0 saturated carbocycles. The second kappa shape index (κ2) is 6.65. The van der Waals surface area contributed by atoms with Crippen LogP contribution in [0.4, 0.5) is 0 Å². The molecule has 0 amide bonds. The van der Waals surface area contributed by atoms with Crippen molar-refractivity contribution in [2.75, 3.05) is 11.8 Å². The monoisotopic (exact) mass is 306 g/mol. The lowest BCUT2D eigenvalue weighted by Crippen LogP contribution is -2.33. The van der Waals surface area contributed by atoms with Gasteiger partial charge in [-0.25, -0.2) is 0 Å². The van der Waals surface area contributed by atoms with Crippen LogP contribution >= 0.6 is 23.2 Å². The van der Waals surface area contributed by atoms with Gasteiger partial charge >= 0.3 is 0 Å². The van der Waals surface area contributed by atoms with Crippen molar-refractivity contribution in [3.63, 3.8) is 0 Å². The predicted molar refractivity (Wildman–Crippen MR) is 89.2 cm³/mol. The van der Waals surface area contributed by atoms with Crippen molar-refractivity contribution in [3.05, 3.63) is 70.8 Å². The summed E-state index contributed by atoms with van der Waals surface area (Å²) in [6.07, 6.45) is 0.868. The molecule has 0 fully saturated rings. The Morgan fingerprint density at radius 2 is 1.40 bits per heavy atom. The lowest BCUT2D eigenvalue weighted by atomic mass is 9.78. The molecule has 0 bridgehead atoms. The standard InChI is InChI=1S/C18H20Cl2/c1-14-8-15(2)10-16(9-14)11-18(12-19,13-20)17-6-4-3-5-7-17/h3-10H,11-13H2,1-2H3. The molecule has 0 aliphatic rings. The van der Waals surface area contributed by atoms with Gasteiger partial charge in [0.1, 0.15) is 0 Å². The average molecular weight is 307 g/mol. The molecule has 106 valence electrons. The number of hydrogen-bond acceptors (Lipinski definition) is 0. The fourth-order valence-corrected chi connectivity index (χ4v) is 3.52. The van der Waals surface area contributed by atoms with Gasteiger partial charge in [-0.15, -0.1) is 23.2 Å². The Labute approximate surface area is 131 Å². The van der Waals surface area contributed by atoms with Crippen molar-refractivity contribution in [2.45, 2.75) is 25.7 Å². The number of hydrogen-bond donors (Lipinski definition) is 0. The Balaban J connectivity index is 2.39. The van der Waals surface area contributed by atoms with E-state index in [4.69, 9.17) is 23.2 Å². The summed E-state index contributed by atoms with van der Waals surface area (Å²) in [5.41, 5.74) is 4.87. The molecule has 2 heteroatoms. The zero-order chi connectivity index (χ0) is 14.6. The molecular formula is C18H20Cl2. The van der Waals surface area contributed by atoms with Crippen LogP contribution in [0.5, 0.6) is 0 Å². The number of aryl methyl sites for hydroxylation is 2. The lowest BCUT2D eigenvalue weighted by molar-refractivity contribution is 0.536. The molecule has 0 heterocycles. The third-order valence-electron chi connectivity index (χ3n) is 3.72. The van der Waals surface area contributed by atoms with Gasteiger partial charge in [0.2, 0.25) is 0 Å². The maximum absolute atomic E-state index is 6.30. The zero-order valence-corrected chi connectivity index (χ0v) is 13.5. The van der Waals surface area contributed by atoms with E-state index < -0.39 is 0 Å². The molecule has 0 N–H and O–H groups in total. The number of halogens is 2. The topological polar surface area (TPSA) is 0 Å². The van der Waals surface area contributed by atoms with Crippen LogP contribution in [0.3, 0.4) is 0 Å². The SMILES string of the molecule is Cc1cc(C)cc(CC(CCl)(CCl)c2ccccc2)c1. The Hall–Kier alpha value is -0.980. The molecular weight excluding hydrogens is 287 g/mol. The van der Waals surface area contributed by atoms with Crippen LogP contribution in [0.2, 0.25) is 0 Å². The van der Waals surface area contributed by atoms with Crippen molar-refractivity contribution >= 4 is 23.2 Å². The lowest BCUT2D eigenvalue weighted by Gasteiger charge is -2.30. The predicted octanol–water partition coefficient (Wildman–Crippen LogP) is 5.26. The third-order valence-corrected chi connectivity index (χ3v) is 4.74. The van der Waals surface area contributed by atoms with Gasteiger partial charge < -0.3 is 0 Å². The minimum Gasteiger partial charge on any atom is -0.126 e. The van der Waals surface area contributed by atoms with Gasteiger partial charge in [0.05, 0.1) is 0 Å². The molecule has 2 aromatic carbocycles. The third kappa shape index (κ3) is 3.37. The summed E-state index contributed by atoms with van der Waals surface area (Å²) in [6, 6.07) is 17.0. The van der Waals surface area contributed by atoms with Gasteiger partial charge in [-0.1, -0.05) is 59.7 Å². The van der Waals surface area contributed by atoms with Crippen LogP contribution in [-0.4, -0.2) is 11.8 Å². The molecule has 0 radical (unpaired) electrons. The summed E-state index contributed by atoms with van der Waals surface area (Å²) in [7, 11) is 0. The van der Waals surface area contributed by atoms with Crippen molar-refractivity contribution in [1.82, 2.24) is 0 Å². The first-order valence-corrected chi connectivity index (χ1v) is 7.91. The first-order chi connectivity index (χ1) is 9.59. The molecule has 2 rings (SSSR count). The van der Waals surface area contributed by atoms with E-state index in [1.807, 2.05) is 18.2 Å². The molecule has 0 saturated heterocycles. The van der Waals surface area contributed by atoms with E-state index in [0.29, 0.717) is 11.8 Å². The van der Waals surface area contributed by atoms with Crippen LogP contribution in [0, 0.1) is 13.8 Å². The average Bonchev–Trinajstić information content (AvgIpc) is 2.45. The van der Waals surface area contributed by atoms with Gasteiger partial charge in [0, 0.05) is 17.2 Å². The minimum absolute atomic E-state index is 0.204.